The number of methoxy groups -OCH3 is 1. The van der Waals surface area contributed by atoms with E-state index in [-0.39, 0.29) is 42.0 Å². The Morgan fingerprint density at radius 3 is 2.84 bits per heavy atom. The Bertz CT molecular complexity index is 893. The molecule has 3 heterocycles. The van der Waals surface area contributed by atoms with Crippen molar-refractivity contribution in [2.24, 2.45) is 11.8 Å². The monoisotopic (exact) mass is 429 g/mol. The largest absolute Gasteiger partial charge is 0.396 e. The highest BCUT2D eigenvalue weighted by atomic mass is 16.5. The summed E-state index contributed by atoms with van der Waals surface area (Å²) >= 11 is 0. The fourth-order valence-electron chi connectivity index (χ4n) is 5.81. The number of carbonyl (C=O) groups is 1. The van der Waals surface area contributed by atoms with Crippen molar-refractivity contribution < 1.29 is 14.6 Å². The van der Waals surface area contributed by atoms with Crippen LogP contribution in [0.4, 0.5) is 0 Å². The number of pyridine rings is 1. The van der Waals surface area contributed by atoms with Crippen molar-refractivity contribution in [2.75, 3.05) is 33.4 Å². The highest BCUT2D eigenvalue weighted by Crippen LogP contribution is 2.48. The zero-order chi connectivity index (χ0) is 22.0. The van der Waals surface area contributed by atoms with Crippen molar-refractivity contribution in [3.05, 3.63) is 39.8 Å². The summed E-state index contributed by atoms with van der Waals surface area (Å²) in [7, 11) is 1.61. The van der Waals surface area contributed by atoms with E-state index in [4.69, 9.17) is 4.74 Å². The molecule has 7 heteroatoms. The predicted molar refractivity (Wildman–Crippen MR) is 120 cm³/mol. The molecular formula is C24H35N3O4. The lowest BCUT2D eigenvalue weighted by Crippen LogP contribution is -2.47. The van der Waals surface area contributed by atoms with Crippen molar-refractivity contribution >= 4 is 11.5 Å². The lowest BCUT2D eigenvalue weighted by molar-refractivity contribution is -0.127. The zero-order valence-electron chi connectivity index (χ0n) is 18.7. The predicted octanol–water partition coefficient (Wildman–Crippen LogP) is 1.94. The van der Waals surface area contributed by atoms with Gasteiger partial charge >= 0.3 is 0 Å². The summed E-state index contributed by atoms with van der Waals surface area (Å²) in [6, 6.07) is 3.79. The van der Waals surface area contributed by atoms with Gasteiger partial charge in [0.1, 0.15) is 0 Å². The second-order valence-corrected chi connectivity index (χ2v) is 8.97. The summed E-state index contributed by atoms with van der Waals surface area (Å²) in [5, 5.41) is 13.2. The topological polar surface area (TPSA) is 83.8 Å². The molecule has 1 amide bonds. The van der Waals surface area contributed by atoms with Gasteiger partial charge in [-0.1, -0.05) is 13.0 Å². The number of aliphatic hydroxyl groups excluding tert-OH is 1. The van der Waals surface area contributed by atoms with E-state index in [9.17, 15) is 14.7 Å². The van der Waals surface area contributed by atoms with Gasteiger partial charge in [-0.05, 0) is 56.4 Å². The van der Waals surface area contributed by atoms with Crippen molar-refractivity contribution in [1.29, 1.82) is 0 Å². The lowest BCUT2D eigenvalue weighted by Gasteiger charge is -2.38. The van der Waals surface area contributed by atoms with E-state index in [2.05, 4.69) is 23.2 Å². The van der Waals surface area contributed by atoms with Crippen LogP contribution in [0.5, 0.6) is 0 Å². The van der Waals surface area contributed by atoms with Gasteiger partial charge in [0.05, 0.1) is 18.6 Å². The maximum Gasteiger partial charge on any atom is 0.258 e. The number of fused-ring (bicyclic) bond motifs is 4. The number of carbonyl (C=O) groups excluding carboxylic acids is 1. The van der Waals surface area contributed by atoms with Crippen LogP contribution in [-0.4, -0.2) is 59.9 Å². The summed E-state index contributed by atoms with van der Waals surface area (Å²) in [5.41, 5.74) is 2.91. The molecule has 2 N–H and O–H groups in total. The van der Waals surface area contributed by atoms with E-state index in [0.29, 0.717) is 19.7 Å². The quantitative estimate of drug-likeness (QED) is 0.617. The average Bonchev–Trinajstić information content (AvgIpc) is 2.99. The first-order valence-corrected chi connectivity index (χ1v) is 11.7. The number of nitrogens with zero attached hydrogens (tertiary/aromatic N) is 2. The van der Waals surface area contributed by atoms with Crippen LogP contribution < -0.4 is 10.9 Å². The molecule has 7 nitrogen and oxygen atoms in total. The molecule has 1 saturated heterocycles. The van der Waals surface area contributed by atoms with Crippen LogP contribution in [0.15, 0.2) is 23.0 Å². The molecule has 4 rings (SSSR count). The molecule has 170 valence electrons. The number of rotatable bonds is 8. The van der Waals surface area contributed by atoms with Gasteiger partial charge in [0, 0.05) is 50.0 Å². The van der Waals surface area contributed by atoms with Crippen LogP contribution >= 0.6 is 0 Å². The molecular weight excluding hydrogens is 394 g/mol. The molecule has 1 fully saturated rings. The van der Waals surface area contributed by atoms with Gasteiger partial charge in [-0.25, -0.2) is 0 Å². The van der Waals surface area contributed by atoms with E-state index >= 15 is 0 Å². The number of allylic oxidation sites excluding steroid dienone is 2. The molecule has 1 aliphatic carbocycles. The molecule has 1 aromatic heterocycles. The molecule has 4 atom stereocenters. The van der Waals surface area contributed by atoms with Crippen molar-refractivity contribution in [3.63, 3.8) is 0 Å². The Morgan fingerprint density at radius 1 is 1.32 bits per heavy atom. The maximum atomic E-state index is 13.5. The van der Waals surface area contributed by atoms with Crippen LogP contribution in [-0.2, 0) is 16.1 Å². The number of hydrogen-bond donors (Lipinski definition) is 2. The third-order valence-corrected chi connectivity index (χ3v) is 7.20. The number of aliphatic hydroxyl groups is 1. The van der Waals surface area contributed by atoms with Gasteiger partial charge in [-0.2, -0.15) is 0 Å². The number of amides is 1. The molecule has 2 bridgehead atoms. The third-order valence-electron chi connectivity index (χ3n) is 7.20. The first kappa shape index (κ1) is 22.2. The minimum atomic E-state index is -0.383. The van der Waals surface area contributed by atoms with Gasteiger partial charge in [0.25, 0.3) is 5.56 Å². The van der Waals surface area contributed by atoms with Crippen molar-refractivity contribution in [3.8, 4) is 0 Å². The highest BCUT2D eigenvalue weighted by molar-refractivity contribution is 5.80. The van der Waals surface area contributed by atoms with E-state index < -0.39 is 0 Å². The SMILES string of the molecule is CCCN1[C@@H]2c3ccc(C4=CCCCC4)c(=O)n3C[C@H]1[C@H](CO)[C@H]2C(=O)NCCOC. The molecule has 0 unspecified atom stereocenters. The Morgan fingerprint density at radius 2 is 2.16 bits per heavy atom. The van der Waals surface area contributed by atoms with Crippen LogP contribution in [0.3, 0.4) is 0 Å². The van der Waals surface area contributed by atoms with Crippen LogP contribution in [0.1, 0.15) is 56.3 Å². The fourth-order valence-corrected chi connectivity index (χ4v) is 5.81. The number of hydrogen-bond acceptors (Lipinski definition) is 5. The Labute approximate surface area is 184 Å². The van der Waals surface area contributed by atoms with Gasteiger partial charge in [-0.15, -0.1) is 0 Å². The molecule has 0 spiro atoms. The minimum absolute atomic E-state index is 0.0195. The van der Waals surface area contributed by atoms with E-state index in [1.54, 1.807) is 7.11 Å². The smallest absolute Gasteiger partial charge is 0.258 e. The Kier molecular flexibility index (Phi) is 6.94. The summed E-state index contributed by atoms with van der Waals surface area (Å²) in [5.74, 6) is -0.647. The molecule has 0 radical (unpaired) electrons. The summed E-state index contributed by atoms with van der Waals surface area (Å²) in [6.45, 7) is 4.32. The summed E-state index contributed by atoms with van der Waals surface area (Å²) in [4.78, 5) is 29.0. The van der Waals surface area contributed by atoms with Crippen LogP contribution in [0.2, 0.25) is 0 Å². The fraction of sp³-hybridized carbons (Fsp3) is 0.667. The van der Waals surface area contributed by atoms with E-state index in [1.807, 2.05) is 16.7 Å². The Hall–Kier alpha value is -1.96. The van der Waals surface area contributed by atoms with Gasteiger partial charge < -0.3 is 19.7 Å². The average molecular weight is 430 g/mol. The van der Waals surface area contributed by atoms with E-state index in [1.165, 1.54) is 6.42 Å². The normalized spacial score (nSPS) is 27.6. The van der Waals surface area contributed by atoms with Gasteiger partial charge in [0.15, 0.2) is 0 Å². The summed E-state index contributed by atoms with van der Waals surface area (Å²) < 4.78 is 6.96. The van der Waals surface area contributed by atoms with Crippen molar-refractivity contribution in [1.82, 2.24) is 14.8 Å². The minimum Gasteiger partial charge on any atom is -0.396 e. The number of nitrogens with one attached hydrogen (secondary N) is 1. The molecule has 0 aromatic carbocycles. The number of aromatic nitrogens is 1. The standard InChI is InChI=1S/C24H35N3O4/c1-3-12-26-20-14-27-19(10-9-17(24(27)30)16-7-5-4-6-8-16)22(26)21(18(20)15-28)23(29)25-11-13-31-2/h7,9-10,18,20-22,28H,3-6,8,11-15H2,1-2H3,(H,25,29)/t18-,20-,21+,22+/m0/s1. The van der Waals surface area contributed by atoms with Crippen LogP contribution in [0, 0.1) is 11.8 Å². The number of ether oxygens (including phenoxy) is 1. The molecule has 3 aliphatic rings. The van der Waals surface area contributed by atoms with Gasteiger partial charge in [-0.3, -0.25) is 14.5 Å². The van der Waals surface area contributed by atoms with Crippen molar-refractivity contribution in [2.45, 2.75) is 57.7 Å². The first-order chi connectivity index (χ1) is 15.1. The maximum absolute atomic E-state index is 13.5. The Balaban J connectivity index is 1.74. The molecule has 2 aliphatic heterocycles. The lowest BCUT2D eigenvalue weighted by atomic mass is 9.86. The molecule has 31 heavy (non-hydrogen) atoms. The molecule has 1 aromatic rings. The molecule has 0 saturated carbocycles. The van der Waals surface area contributed by atoms with Crippen LogP contribution in [0.25, 0.3) is 5.57 Å². The van der Waals surface area contributed by atoms with Gasteiger partial charge in [0.2, 0.25) is 5.91 Å². The third kappa shape index (κ3) is 3.99. The zero-order valence-corrected chi connectivity index (χ0v) is 18.7. The second-order valence-electron chi connectivity index (χ2n) is 8.97. The summed E-state index contributed by atoms with van der Waals surface area (Å²) in [6.07, 6.45) is 7.45. The first-order valence-electron chi connectivity index (χ1n) is 11.7. The highest BCUT2D eigenvalue weighted by Gasteiger charge is 2.55. The second kappa shape index (κ2) is 9.67. The van der Waals surface area contributed by atoms with E-state index in [0.717, 1.165) is 49.1 Å².